The van der Waals surface area contributed by atoms with Crippen molar-refractivity contribution < 1.29 is 35.9 Å². The molecule has 1 amide bonds. The number of amides is 1. The maximum Gasteiger partial charge on any atom is 0.252 e. The Labute approximate surface area is 254 Å². The molecule has 226 valence electrons. The van der Waals surface area contributed by atoms with Crippen molar-refractivity contribution in [2.24, 2.45) is 0 Å². The van der Waals surface area contributed by atoms with Crippen LogP contribution in [0.3, 0.4) is 0 Å². The van der Waals surface area contributed by atoms with E-state index < -0.39 is 49.0 Å². The summed E-state index contributed by atoms with van der Waals surface area (Å²) in [6.45, 7) is 0.191. The number of hydrogen-bond acceptors (Lipinski definition) is 9. The van der Waals surface area contributed by atoms with E-state index in [-0.39, 0.29) is 23.7 Å². The van der Waals surface area contributed by atoms with Crippen molar-refractivity contribution in [2.45, 2.75) is 47.4 Å². The summed E-state index contributed by atoms with van der Waals surface area (Å²) in [4.78, 5) is 18.6. The summed E-state index contributed by atoms with van der Waals surface area (Å²) in [6.07, 6.45) is 1.18. The molecule has 0 bridgehead atoms. The molecular weight excluding hydrogens is 624 g/mol. The summed E-state index contributed by atoms with van der Waals surface area (Å²) >= 11 is 7.02. The minimum atomic E-state index is -4.06. The van der Waals surface area contributed by atoms with Crippen molar-refractivity contribution in [3.63, 3.8) is 0 Å². The fraction of sp³-hybridized carbons (Fsp3) is 0.393. The number of halogens is 1. The van der Waals surface area contributed by atoms with Gasteiger partial charge in [-0.05, 0) is 72.7 Å². The monoisotopic (exact) mass is 654 g/mol. The lowest BCUT2D eigenvalue weighted by Gasteiger charge is -2.32. The Morgan fingerprint density at radius 3 is 2.43 bits per heavy atom. The van der Waals surface area contributed by atoms with Crippen LogP contribution in [0, 0.1) is 0 Å². The number of carbonyl (C=O) groups is 1. The molecule has 2 unspecified atom stereocenters. The Hall–Kier alpha value is -2.52. The highest BCUT2D eigenvalue weighted by molar-refractivity contribution is 7.93. The van der Waals surface area contributed by atoms with Crippen molar-refractivity contribution in [1.82, 2.24) is 9.79 Å². The molecule has 1 N–H and O–H groups in total. The first-order valence-corrected chi connectivity index (χ1v) is 17.8. The van der Waals surface area contributed by atoms with Crippen LogP contribution in [0.2, 0.25) is 5.02 Å². The normalized spacial score (nSPS) is 23.1. The van der Waals surface area contributed by atoms with Gasteiger partial charge in [0.05, 0.1) is 12.2 Å². The predicted octanol–water partition coefficient (Wildman–Crippen LogP) is 4.86. The van der Waals surface area contributed by atoms with E-state index in [9.17, 15) is 21.6 Å². The Balaban J connectivity index is 1.43. The lowest BCUT2D eigenvalue weighted by molar-refractivity contribution is -0.200. The zero-order chi connectivity index (χ0) is 29.8. The molecule has 10 nitrogen and oxygen atoms in total. The molecule has 0 spiro atoms. The minimum Gasteiger partial charge on any atom is -0.457 e. The van der Waals surface area contributed by atoms with Crippen LogP contribution in [0.1, 0.15) is 37.7 Å². The number of hydroxylamine groups is 1. The van der Waals surface area contributed by atoms with Gasteiger partial charge in [0.1, 0.15) is 20.5 Å². The SMILES string of the molecule is O=C(CC1(c2ccc(Oc3ccc(Cl)cc3)cc2)CCN(S(=O)(=O)c2cccs2)CCS1(=O)=O)NOC1CCCCO1. The highest BCUT2D eigenvalue weighted by atomic mass is 35.5. The van der Waals surface area contributed by atoms with Crippen LogP contribution in [0.15, 0.2) is 70.3 Å². The lowest BCUT2D eigenvalue weighted by Crippen LogP contribution is -2.43. The van der Waals surface area contributed by atoms with Gasteiger partial charge in [-0.2, -0.15) is 4.31 Å². The minimum absolute atomic E-state index is 0.0949. The number of nitrogens with one attached hydrogen (secondary N) is 1. The van der Waals surface area contributed by atoms with E-state index in [0.29, 0.717) is 35.1 Å². The summed E-state index contributed by atoms with van der Waals surface area (Å²) in [7, 11) is -7.96. The zero-order valence-electron chi connectivity index (χ0n) is 22.6. The van der Waals surface area contributed by atoms with Gasteiger partial charge >= 0.3 is 0 Å². The first-order chi connectivity index (χ1) is 20.1. The van der Waals surface area contributed by atoms with Gasteiger partial charge < -0.3 is 9.47 Å². The number of hydrogen-bond donors (Lipinski definition) is 1. The highest BCUT2D eigenvalue weighted by Gasteiger charge is 2.50. The molecule has 3 heterocycles. The van der Waals surface area contributed by atoms with Gasteiger partial charge in [0, 0.05) is 31.1 Å². The fourth-order valence-electron chi connectivity index (χ4n) is 5.09. The standard InChI is InChI=1S/C28H31ClN2O8S3/c29-22-8-12-24(13-9-22)38-23-10-6-21(7-11-23)28(20-25(32)30-39-26-4-1-2-17-37-26)14-15-31(16-19-41(28,33)34)42(35,36)27-5-3-18-40-27/h3,5-13,18,26H,1-2,4,14-17,19-20H2,(H,30,32). The van der Waals surface area contributed by atoms with Gasteiger partial charge in [0.15, 0.2) is 16.1 Å². The molecule has 5 rings (SSSR count). The smallest absolute Gasteiger partial charge is 0.252 e. The predicted molar refractivity (Wildman–Crippen MR) is 159 cm³/mol. The molecule has 14 heteroatoms. The molecule has 0 radical (unpaired) electrons. The van der Waals surface area contributed by atoms with Crippen molar-refractivity contribution in [3.8, 4) is 11.5 Å². The zero-order valence-corrected chi connectivity index (χ0v) is 25.8. The maximum absolute atomic E-state index is 14.0. The fourth-order valence-corrected chi connectivity index (χ4v) is 10.0. The van der Waals surface area contributed by atoms with Crippen molar-refractivity contribution >= 4 is 48.7 Å². The molecule has 0 aliphatic carbocycles. The Kier molecular flexibility index (Phi) is 9.57. The topological polar surface area (TPSA) is 128 Å². The molecule has 2 aliphatic heterocycles. The summed E-state index contributed by atoms with van der Waals surface area (Å²) in [5, 5.41) is 2.21. The van der Waals surface area contributed by atoms with Crippen LogP contribution < -0.4 is 10.2 Å². The number of benzene rings is 2. The van der Waals surface area contributed by atoms with E-state index >= 15 is 0 Å². The number of sulfone groups is 1. The molecular formula is C28H31ClN2O8S3. The molecule has 2 aliphatic rings. The van der Waals surface area contributed by atoms with Crippen molar-refractivity contribution in [2.75, 3.05) is 25.4 Å². The number of carbonyl (C=O) groups excluding carboxylic acids is 1. The van der Waals surface area contributed by atoms with Crippen molar-refractivity contribution in [1.29, 1.82) is 0 Å². The number of nitrogens with zero attached hydrogens (tertiary/aromatic N) is 1. The van der Waals surface area contributed by atoms with Gasteiger partial charge in [0.2, 0.25) is 5.91 Å². The van der Waals surface area contributed by atoms with Gasteiger partial charge in [-0.1, -0.05) is 29.8 Å². The molecule has 0 saturated carbocycles. The third-order valence-electron chi connectivity index (χ3n) is 7.38. The summed E-state index contributed by atoms with van der Waals surface area (Å²) in [5.41, 5.74) is 2.72. The van der Waals surface area contributed by atoms with Gasteiger partial charge in [0.25, 0.3) is 10.0 Å². The molecule has 3 aromatic rings. The number of rotatable bonds is 9. The molecule has 2 aromatic carbocycles. The van der Waals surface area contributed by atoms with Gasteiger partial charge in [-0.15, -0.1) is 11.3 Å². The second-order valence-corrected chi connectivity index (χ2v) is 16.1. The first-order valence-electron chi connectivity index (χ1n) is 13.5. The van der Waals surface area contributed by atoms with E-state index in [4.69, 9.17) is 25.9 Å². The van der Waals surface area contributed by atoms with Crippen LogP contribution in [0.25, 0.3) is 0 Å². The van der Waals surface area contributed by atoms with Crippen LogP contribution in [0.5, 0.6) is 11.5 Å². The summed E-state index contributed by atoms with van der Waals surface area (Å²) in [6, 6.07) is 16.4. The van der Waals surface area contributed by atoms with Crippen LogP contribution >= 0.6 is 22.9 Å². The Morgan fingerprint density at radius 2 is 1.79 bits per heavy atom. The highest BCUT2D eigenvalue weighted by Crippen LogP contribution is 2.42. The second kappa shape index (κ2) is 13.0. The molecule has 2 fully saturated rings. The molecule has 42 heavy (non-hydrogen) atoms. The number of ether oxygens (including phenoxy) is 2. The maximum atomic E-state index is 14.0. The lowest BCUT2D eigenvalue weighted by atomic mass is 9.90. The summed E-state index contributed by atoms with van der Waals surface area (Å²) in [5.74, 6) is -0.115. The average molecular weight is 655 g/mol. The van der Waals surface area contributed by atoms with E-state index in [0.717, 1.165) is 24.2 Å². The van der Waals surface area contributed by atoms with E-state index in [1.807, 2.05) is 0 Å². The van der Waals surface area contributed by atoms with Gasteiger partial charge in [-0.3, -0.25) is 4.79 Å². The Bertz CT molecular complexity index is 1570. The molecule has 2 atom stereocenters. The average Bonchev–Trinajstić information content (AvgIpc) is 3.49. The summed E-state index contributed by atoms with van der Waals surface area (Å²) < 4.78 is 65.6. The van der Waals surface area contributed by atoms with E-state index in [1.165, 1.54) is 10.4 Å². The molecule has 2 saturated heterocycles. The third-order valence-corrected chi connectivity index (χ3v) is 13.4. The van der Waals surface area contributed by atoms with E-state index in [2.05, 4.69) is 5.48 Å². The number of thiophene rings is 1. The second-order valence-electron chi connectivity index (χ2n) is 10.1. The number of sulfonamides is 1. The Morgan fingerprint density at radius 1 is 1.07 bits per heavy atom. The van der Waals surface area contributed by atoms with Crippen molar-refractivity contribution in [3.05, 3.63) is 76.6 Å². The largest absolute Gasteiger partial charge is 0.457 e. The van der Waals surface area contributed by atoms with Crippen LogP contribution in [0.4, 0.5) is 0 Å². The quantitative estimate of drug-likeness (QED) is 0.324. The third kappa shape index (κ3) is 6.83. The molecule has 1 aromatic heterocycles. The first kappa shape index (κ1) is 30.9. The van der Waals surface area contributed by atoms with E-state index in [1.54, 1.807) is 60.0 Å². The van der Waals surface area contributed by atoms with Gasteiger partial charge in [-0.25, -0.2) is 27.2 Å². The van der Waals surface area contributed by atoms with Crippen LogP contribution in [-0.4, -0.2) is 58.8 Å². The van der Waals surface area contributed by atoms with Crippen LogP contribution in [-0.2, 0) is 39.0 Å².